The van der Waals surface area contributed by atoms with Crippen molar-refractivity contribution in [1.82, 2.24) is 19.4 Å². The number of hydrogen-bond donors (Lipinski definition) is 1. The van der Waals surface area contributed by atoms with Crippen LogP contribution in [-0.4, -0.2) is 31.9 Å². The Balaban J connectivity index is 1.30. The quantitative estimate of drug-likeness (QED) is 0.254. The van der Waals surface area contributed by atoms with E-state index in [1.807, 2.05) is 70.3 Å². The SMILES string of the molecule is O=C(c1ccc2oc(NCc3cccc(Cl)c3)nc2c1)N(CCCn1ccnc1)Cc1ccccc1. The first-order valence-electron chi connectivity index (χ1n) is 11.8. The van der Waals surface area contributed by atoms with Crippen molar-refractivity contribution in [3.05, 3.63) is 113 Å². The molecule has 0 fully saturated rings. The maximum atomic E-state index is 13.6. The summed E-state index contributed by atoms with van der Waals surface area (Å²) in [6.07, 6.45) is 6.30. The number of fused-ring (bicyclic) bond motifs is 1. The van der Waals surface area contributed by atoms with Crippen molar-refractivity contribution in [3.63, 3.8) is 0 Å². The zero-order valence-electron chi connectivity index (χ0n) is 19.7. The Bertz CT molecular complexity index is 1430. The molecule has 36 heavy (non-hydrogen) atoms. The molecule has 0 aliphatic carbocycles. The first-order valence-corrected chi connectivity index (χ1v) is 12.2. The van der Waals surface area contributed by atoms with E-state index >= 15 is 0 Å². The molecule has 0 unspecified atom stereocenters. The van der Waals surface area contributed by atoms with Crippen LogP contribution < -0.4 is 5.32 Å². The van der Waals surface area contributed by atoms with E-state index < -0.39 is 0 Å². The second kappa shape index (κ2) is 11.1. The monoisotopic (exact) mass is 499 g/mol. The van der Waals surface area contributed by atoms with Gasteiger partial charge in [0, 0.05) is 49.2 Å². The lowest BCUT2D eigenvalue weighted by molar-refractivity contribution is 0.0739. The number of anilines is 1. The molecule has 7 nitrogen and oxygen atoms in total. The molecule has 2 heterocycles. The highest BCUT2D eigenvalue weighted by atomic mass is 35.5. The van der Waals surface area contributed by atoms with E-state index in [4.69, 9.17) is 16.0 Å². The van der Waals surface area contributed by atoms with Gasteiger partial charge in [-0.25, -0.2) is 4.98 Å². The molecule has 1 N–H and O–H groups in total. The molecule has 0 aliphatic rings. The highest BCUT2D eigenvalue weighted by Gasteiger charge is 2.18. The lowest BCUT2D eigenvalue weighted by atomic mass is 10.1. The third kappa shape index (κ3) is 5.93. The van der Waals surface area contributed by atoms with Gasteiger partial charge < -0.3 is 19.2 Å². The van der Waals surface area contributed by atoms with Crippen LogP contribution in [0.5, 0.6) is 0 Å². The van der Waals surface area contributed by atoms with Crippen molar-refractivity contribution in [2.75, 3.05) is 11.9 Å². The normalized spacial score (nSPS) is 11.0. The minimum absolute atomic E-state index is 0.0391. The largest absolute Gasteiger partial charge is 0.424 e. The molecule has 5 aromatic rings. The van der Waals surface area contributed by atoms with Gasteiger partial charge in [0.05, 0.1) is 6.33 Å². The molecule has 1 amide bonds. The summed E-state index contributed by atoms with van der Waals surface area (Å²) in [4.78, 5) is 24.1. The second-order valence-electron chi connectivity index (χ2n) is 8.55. The van der Waals surface area contributed by atoms with Gasteiger partial charge in [-0.05, 0) is 47.9 Å². The van der Waals surface area contributed by atoms with E-state index in [2.05, 4.69) is 15.3 Å². The average molecular weight is 500 g/mol. The highest BCUT2D eigenvalue weighted by Crippen LogP contribution is 2.22. The van der Waals surface area contributed by atoms with E-state index in [1.54, 1.807) is 30.7 Å². The molecule has 0 bridgehead atoms. The number of nitrogens with one attached hydrogen (secondary N) is 1. The Hall–Kier alpha value is -4.10. The summed E-state index contributed by atoms with van der Waals surface area (Å²) < 4.78 is 7.85. The Morgan fingerprint density at radius 2 is 1.89 bits per heavy atom. The number of carbonyl (C=O) groups is 1. The molecule has 8 heteroatoms. The number of rotatable bonds is 10. The Labute approximate surface area is 214 Å². The molecular weight excluding hydrogens is 474 g/mol. The van der Waals surface area contributed by atoms with Crippen LogP contribution in [0.2, 0.25) is 5.02 Å². The van der Waals surface area contributed by atoms with E-state index in [0.29, 0.717) is 47.3 Å². The lowest BCUT2D eigenvalue weighted by Gasteiger charge is -2.23. The third-order valence-corrected chi connectivity index (χ3v) is 6.11. The minimum Gasteiger partial charge on any atom is -0.424 e. The van der Waals surface area contributed by atoms with Crippen LogP contribution in [0.25, 0.3) is 11.1 Å². The van der Waals surface area contributed by atoms with Crippen LogP contribution >= 0.6 is 11.6 Å². The molecule has 0 spiro atoms. The number of aryl methyl sites for hydroxylation is 1. The van der Waals surface area contributed by atoms with Gasteiger partial charge in [0.2, 0.25) is 0 Å². The Morgan fingerprint density at radius 1 is 1.03 bits per heavy atom. The molecule has 5 rings (SSSR count). The molecule has 0 saturated carbocycles. The molecule has 0 radical (unpaired) electrons. The fraction of sp³-hybridized carbons (Fsp3) is 0.179. The molecule has 0 saturated heterocycles. The summed E-state index contributed by atoms with van der Waals surface area (Å²) >= 11 is 6.07. The highest BCUT2D eigenvalue weighted by molar-refractivity contribution is 6.30. The average Bonchev–Trinajstić information content (AvgIpc) is 3.56. The topological polar surface area (TPSA) is 76.2 Å². The van der Waals surface area contributed by atoms with Gasteiger partial charge >= 0.3 is 0 Å². The van der Waals surface area contributed by atoms with E-state index in [1.165, 1.54) is 0 Å². The van der Waals surface area contributed by atoms with Gasteiger partial charge in [0.25, 0.3) is 11.9 Å². The standard InChI is InChI=1S/C28H26ClN5O2/c29-24-9-4-8-22(16-24)18-31-28-32-25-17-23(10-11-26(25)36-28)27(35)34(19-21-6-2-1-3-7-21)14-5-13-33-15-12-30-20-33/h1-4,6-12,15-17,20H,5,13-14,18-19H2,(H,31,32). The van der Waals surface area contributed by atoms with Crippen LogP contribution in [-0.2, 0) is 19.6 Å². The van der Waals surface area contributed by atoms with Crippen molar-refractivity contribution in [2.45, 2.75) is 26.1 Å². The number of imidazole rings is 1. The maximum Gasteiger partial charge on any atom is 0.295 e. The fourth-order valence-corrected chi connectivity index (χ4v) is 4.28. The second-order valence-corrected chi connectivity index (χ2v) is 8.99. The van der Waals surface area contributed by atoms with Gasteiger partial charge in [-0.15, -0.1) is 0 Å². The van der Waals surface area contributed by atoms with Crippen molar-refractivity contribution in [2.24, 2.45) is 0 Å². The van der Waals surface area contributed by atoms with E-state index in [9.17, 15) is 4.79 Å². The Kier molecular flexibility index (Phi) is 7.28. The van der Waals surface area contributed by atoms with Crippen LogP contribution in [0, 0.1) is 0 Å². The summed E-state index contributed by atoms with van der Waals surface area (Å²) in [6, 6.07) is 23.4. The van der Waals surface area contributed by atoms with Gasteiger partial charge in [-0.1, -0.05) is 54.1 Å². The number of aromatic nitrogens is 3. The summed E-state index contributed by atoms with van der Waals surface area (Å²) in [5.74, 6) is -0.0391. The maximum absolute atomic E-state index is 13.6. The van der Waals surface area contributed by atoms with Crippen molar-refractivity contribution in [1.29, 1.82) is 0 Å². The van der Waals surface area contributed by atoms with Crippen molar-refractivity contribution < 1.29 is 9.21 Å². The van der Waals surface area contributed by atoms with Crippen LogP contribution in [0.15, 0.2) is 95.9 Å². The summed E-state index contributed by atoms with van der Waals surface area (Å²) in [5.41, 5.74) is 3.94. The first-order chi connectivity index (χ1) is 17.6. The minimum atomic E-state index is -0.0391. The van der Waals surface area contributed by atoms with Gasteiger partial charge in [-0.3, -0.25) is 4.79 Å². The molecular formula is C28H26ClN5O2. The molecule has 0 aliphatic heterocycles. The van der Waals surface area contributed by atoms with E-state index in [0.717, 1.165) is 24.1 Å². The number of oxazole rings is 1. The number of hydrogen-bond acceptors (Lipinski definition) is 5. The summed E-state index contributed by atoms with van der Waals surface area (Å²) in [5, 5.41) is 3.86. The van der Waals surface area contributed by atoms with E-state index in [-0.39, 0.29) is 5.91 Å². The number of carbonyl (C=O) groups excluding carboxylic acids is 1. The molecule has 2 aromatic heterocycles. The summed E-state index contributed by atoms with van der Waals surface area (Å²) in [7, 11) is 0. The number of benzene rings is 3. The van der Waals surface area contributed by atoms with Crippen LogP contribution in [0.1, 0.15) is 27.9 Å². The van der Waals surface area contributed by atoms with Gasteiger partial charge in [-0.2, -0.15) is 4.98 Å². The first kappa shape index (κ1) is 23.6. The van der Waals surface area contributed by atoms with Gasteiger partial charge in [0.1, 0.15) is 5.52 Å². The summed E-state index contributed by atoms with van der Waals surface area (Å²) in [6.45, 7) is 2.48. The predicted octanol–water partition coefficient (Wildman–Crippen LogP) is 6.02. The van der Waals surface area contributed by atoms with Crippen LogP contribution in [0.4, 0.5) is 6.01 Å². The number of nitrogens with zero attached hydrogens (tertiary/aromatic N) is 4. The zero-order chi connectivity index (χ0) is 24.7. The molecule has 182 valence electrons. The number of halogens is 1. The van der Waals surface area contributed by atoms with Crippen LogP contribution in [0.3, 0.4) is 0 Å². The zero-order valence-corrected chi connectivity index (χ0v) is 20.4. The molecule has 3 aromatic carbocycles. The van der Waals surface area contributed by atoms with Gasteiger partial charge in [0.15, 0.2) is 5.58 Å². The third-order valence-electron chi connectivity index (χ3n) is 5.87. The number of amides is 1. The molecule has 0 atom stereocenters. The Morgan fingerprint density at radius 3 is 2.69 bits per heavy atom. The van der Waals surface area contributed by atoms with Crippen molar-refractivity contribution in [3.8, 4) is 0 Å². The van der Waals surface area contributed by atoms with Crippen molar-refractivity contribution >= 4 is 34.6 Å². The fourth-order valence-electron chi connectivity index (χ4n) is 4.06. The predicted molar refractivity (Wildman–Crippen MR) is 141 cm³/mol. The lowest BCUT2D eigenvalue weighted by Crippen LogP contribution is -2.32. The smallest absolute Gasteiger partial charge is 0.295 e.